The van der Waals surface area contributed by atoms with Gasteiger partial charge < -0.3 is 15.4 Å². The predicted molar refractivity (Wildman–Crippen MR) is 143 cm³/mol. The molecule has 2 aromatic carbocycles. The van der Waals surface area contributed by atoms with Gasteiger partial charge in [-0.25, -0.2) is 4.18 Å². The van der Waals surface area contributed by atoms with Gasteiger partial charge in [0.15, 0.2) is 0 Å². The Morgan fingerprint density at radius 2 is 1.58 bits per heavy atom. The third-order valence-corrected chi connectivity index (χ3v) is 7.95. The minimum Gasteiger partial charge on any atom is -0.422 e. The first kappa shape index (κ1) is 27.5. The molecule has 0 aliphatic carbocycles. The average Bonchev–Trinajstić information content (AvgIpc) is 2.92. The molecule has 1 aliphatic rings. The fourth-order valence-electron chi connectivity index (χ4n) is 4.36. The first-order valence-corrected chi connectivity index (χ1v) is 13.8. The van der Waals surface area contributed by atoms with E-state index in [0.717, 1.165) is 32.5 Å². The van der Waals surface area contributed by atoms with Gasteiger partial charge in [-0.2, -0.15) is 18.4 Å². The molecule has 3 aromatic rings. The molecular formula is C27H33N5O5S. The van der Waals surface area contributed by atoms with Crippen LogP contribution in [0.4, 0.5) is 5.69 Å². The molecule has 1 fully saturated rings. The van der Waals surface area contributed by atoms with Crippen molar-refractivity contribution in [3.05, 3.63) is 77.6 Å². The second-order valence-corrected chi connectivity index (χ2v) is 10.9. The number of benzene rings is 2. The maximum Gasteiger partial charge on any atom is 0.319 e. The van der Waals surface area contributed by atoms with Crippen LogP contribution in [0.1, 0.15) is 29.8 Å². The van der Waals surface area contributed by atoms with Crippen molar-refractivity contribution in [2.45, 2.75) is 50.5 Å². The van der Waals surface area contributed by atoms with Gasteiger partial charge in [-0.3, -0.25) is 9.69 Å². The van der Waals surface area contributed by atoms with E-state index in [-0.39, 0.29) is 16.9 Å². The van der Waals surface area contributed by atoms with Gasteiger partial charge in [0, 0.05) is 32.7 Å². The summed E-state index contributed by atoms with van der Waals surface area (Å²) < 4.78 is 37.0. The predicted octanol–water partition coefficient (Wildman–Crippen LogP) is 2.91. The van der Waals surface area contributed by atoms with Gasteiger partial charge in [-0.15, -0.1) is 0 Å². The van der Waals surface area contributed by atoms with Crippen molar-refractivity contribution in [2.24, 2.45) is 0 Å². The molecule has 2 N–H and O–H groups in total. The summed E-state index contributed by atoms with van der Waals surface area (Å²) in [6, 6.07) is 17.5. The Kier molecular flexibility index (Phi) is 8.60. The van der Waals surface area contributed by atoms with E-state index < -0.39 is 22.3 Å². The van der Waals surface area contributed by atoms with Gasteiger partial charge in [0.2, 0.25) is 0 Å². The zero-order valence-corrected chi connectivity index (χ0v) is 22.6. The van der Waals surface area contributed by atoms with Gasteiger partial charge in [0.25, 0.3) is 12.2 Å². The van der Waals surface area contributed by atoms with Crippen LogP contribution in [0.2, 0.25) is 0 Å². The number of hydrogen-bond acceptors (Lipinski definition) is 9. The molecule has 1 saturated heterocycles. The second-order valence-electron chi connectivity index (χ2n) is 9.35. The molecule has 1 aliphatic heterocycles. The normalized spacial score (nSPS) is 15.7. The van der Waals surface area contributed by atoms with Gasteiger partial charge in [-0.1, -0.05) is 48.5 Å². The summed E-state index contributed by atoms with van der Waals surface area (Å²) >= 11 is 0. The smallest absolute Gasteiger partial charge is 0.319 e. The van der Waals surface area contributed by atoms with Crippen molar-refractivity contribution < 1.29 is 22.1 Å². The van der Waals surface area contributed by atoms with E-state index in [2.05, 4.69) is 27.0 Å². The fraction of sp³-hybridized carbons (Fsp3) is 0.370. The van der Waals surface area contributed by atoms with Crippen LogP contribution in [0.5, 0.6) is 6.01 Å². The molecule has 1 aromatic heterocycles. The maximum absolute atomic E-state index is 13.6. The van der Waals surface area contributed by atoms with Crippen LogP contribution in [0.25, 0.3) is 0 Å². The van der Waals surface area contributed by atoms with Crippen LogP contribution in [0, 0.1) is 13.8 Å². The van der Waals surface area contributed by atoms with Crippen LogP contribution < -0.4 is 10.5 Å². The van der Waals surface area contributed by atoms with E-state index in [9.17, 15) is 13.2 Å². The highest BCUT2D eigenvalue weighted by atomic mass is 32.2. The number of likely N-dealkylation sites (tertiary alicyclic amines) is 1. The van der Waals surface area contributed by atoms with Crippen molar-refractivity contribution >= 4 is 21.7 Å². The maximum atomic E-state index is 13.6. The van der Waals surface area contributed by atoms with E-state index in [0.29, 0.717) is 17.1 Å². The number of likely N-dealkylation sites (N-methyl/N-ethyl adjacent to an activating group) is 1. The summed E-state index contributed by atoms with van der Waals surface area (Å²) in [5, 5.41) is 0. The molecule has 2 heterocycles. The number of hydrogen-bond donors (Lipinski definition) is 1. The molecule has 38 heavy (non-hydrogen) atoms. The molecule has 0 bridgehead atoms. The zero-order chi connectivity index (χ0) is 27.3. The summed E-state index contributed by atoms with van der Waals surface area (Å²) in [5.41, 5.74) is 8.45. The minimum atomic E-state index is -4.32. The number of aromatic nitrogens is 2. The number of nitrogen functional groups attached to an aromatic ring is 1. The van der Waals surface area contributed by atoms with E-state index >= 15 is 0 Å². The second kappa shape index (κ2) is 11.9. The topological polar surface area (TPSA) is 128 Å². The Labute approximate surface area is 223 Å². The van der Waals surface area contributed by atoms with E-state index in [1.165, 1.54) is 22.6 Å². The molecule has 202 valence electrons. The molecule has 1 amide bonds. The van der Waals surface area contributed by atoms with Crippen molar-refractivity contribution in [1.82, 2.24) is 19.8 Å². The number of nitrogens with zero attached hydrogens (tertiary/aromatic N) is 4. The SMILES string of the molecule is Cc1nc(OC(OS(=O)(=O)c2ccccc2)C(=O)N(C)C2CCN(Cc3ccccc3)CC2)nc(C)c1N. The van der Waals surface area contributed by atoms with Gasteiger partial charge in [0.05, 0.1) is 22.0 Å². The third kappa shape index (κ3) is 6.66. The van der Waals surface area contributed by atoms with Gasteiger partial charge in [0.1, 0.15) is 0 Å². The van der Waals surface area contributed by atoms with Crippen LogP contribution in [-0.4, -0.2) is 66.6 Å². The van der Waals surface area contributed by atoms with Crippen molar-refractivity contribution in [1.29, 1.82) is 0 Å². The van der Waals surface area contributed by atoms with Crippen molar-refractivity contribution in [3.8, 4) is 6.01 Å². The molecule has 4 rings (SSSR count). The van der Waals surface area contributed by atoms with Gasteiger partial charge >= 0.3 is 16.1 Å². The van der Waals surface area contributed by atoms with E-state index in [1.807, 2.05) is 18.2 Å². The first-order chi connectivity index (χ1) is 18.1. The zero-order valence-electron chi connectivity index (χ0n) is 21.8. The Bertz CT molecular complexity index is 1320. The minimum absolute atomic E-state index is 0.0936. The fourth-order valence-corrected chi connectivity index (χ4v) is 5.32. The highest BCUT2D eigenvalue weighted by molar-refractivity contribution is 7.86. The molecule has 11 heteroatoms. The molecule has 0 saturated carbocycles. The highest BCUT2D eigenvalue weighted by Crippen LogP contribution is 2.23. The lowest BCUT2D eigenvalue weighted by molar-refractivity contribution is -0.153. The van der Waals surface area contributed by atoms with Gasteiger partial charge in [-0.05, 0) is 44.4 Å². The van der Waals surface area contributed by atoms with E-state index in [4.69, 9.17) is 14.7 Å². The molecule has 0 radical (unpaired) electrons. The van der Waals surface area contributed by atoms with Crippen LogP contribution in [-0.2, 0) is 25.6 Å². The summed E-state index contributed by atoms with van der Waals surface area (Å²) in [7, 11) is -2.69. The summed E-state index contributed by atoms with van der Waals surface area (Å²) in [4.78, 5) is 25.7. The van der Waals surface area contributed by atoms with E-state index in [1.54, 1.807) is 39.1 Å². The lowest BCUT2D eigenvalue weighted by Crippen LogP contribution is -2.50. The summed E-state index contributed by atoms with van der Waals surface area (Å²) in [6.07, 6.45) is -0.358. The third-order valence-electron chi connectivity index (χ3n) is 6.67. The largest absolute Gasteiger partial charge is 0.422 e. The van der Waals surface area contributed by atoms with Crippen molar-refractivity contribution in [2.75, 3.05) is 25.9 Å². The molecule has 0 spiro atoms. The standard InChI is InChI=1S/C27H33N5O5S/c1-19-24(28)20(2)30-27(29-19)36-26(37-38(34,35)23-12-8-5-9-13-23)25(33)31(3)22-14-16-32(17-15-22)18-21-10-6-4-7-11-21/h4-13,22,26H,14-18,28H2,1-3H3. The number of anilines is 1. The lowest BCUT2D eigenvalue weighted by Gasteiger charge is -2.37. The quantitative estimate of drug-likeness (QED) is 0.322. The highest BCUT2D eigenvalue weighted by Gasteiger charge is 2.36. The average molecular weight is 540 g/mol. The van der Waals surface area contributed by atoms with Crippen molar-refractivity contribution in [3.63, 3.8) is 0 Å². The molecule has 1 unspecified atom stereocenters. The number of rotatable bonds is 9. The number of ether oxygens (including phenoxy) is 1. The number of piperidine rings is 1. The molecule has 10 nitrogen and oxygen atoms in total. The first-order valence-electron chi connectivity index (χ1n) is 12.4. The lowest BCUT2D eigenvalue weighted by atomic mass is 10.0. The summed E-state index contributed by atoms with van der Waals surface area (Å²) in [6.45, 7) is 5.77. The number of aryl methyl sites for hydroxylation is 2. The number of carbonyl (C=O) groups is 1. The Morgan fingerprint density at radius 3 is 2.16 bits per heavy atom. The molecule has 1 atom stereocenters. The van der Waals surface area contributed by atoms with Crippen LogP contribution in [0.3, 0.4) is 0 Å². The number of nitrogens with two attached hydrogens (primary N) is 1. The Hall–Kier alpha value is -3.54. The molecular weight excluding hydrogens is 506 g/mol. The number of carbonyl (C=O) groups excluding carboxylic acids is 1. The van der Waals surface area contributed by atoms with Crippen LogP contribution >= 0.6 is 0 Å². The Balaban J connectivity index is 1.50. The monoisotopic (exact) mass is 539 g/mol. The number of amides is 1. The summed E-state index contributed by atoms with van der Waals surface area (Å²) in [5.74, 6) is -0.637. The Morgan fingerprint density at radius 1 is 1.03 bits per heavy atom. The van der Waals surface area contributed by atoms with Crippen LogP contribution in [0.15, 0.2) is 65.6 Å².